The molecule has 5 nitrogen and oxygen atoms in total. The molecule has 2 rings (SSSR count). The molecule has 1 saturated heterocycles. The highest BCUT2D eigenvalue weighted by Crippen LogP contribution is 2.10. The summed E-state index contributed by atoms with van der Waals surface area (Å²) >= 11 is 0. The summed E-state index contributed by atoms with van der Waals surface area (Å²) in [5.41, 5.74) is 0.940. The molecule has 20 heavy (non-hydrogen) atoms. The number of ketones is 1. The second-order valence-corrected chi connectivity index (χ2v) is 4.67. The van der Waals surface area contributed by atoms with Gasteiger partial charge in [-0.25, -0.2) is 4.79 Å². The second-order valence-electron chi connectivity index (χ2n) is 4.67. The maximum Gasteiger partial charge on any atom is 0.410 e. The van der Waals surface area contributed by atoms with E-state index in [9.17, 15) is 9.59 Å². The number of rotatable bonds is 4. The zero-order valence-corrected chi connectivity index (χ0v) is 11.6. The molecule has 1 atom stereocenters. The number of nitrogens with zero attached hydrogens (tertiary/aromatic N) is 1. The Balaban J connectivity index is 1.84. The van der Waals surface area contributed by atoms with Crippen LogP contribution in [0.3, 0.4) is 0 Å². The number of carbonyl (C=O) groups excluding carboxylic acids is 2. The number of hydrogen-bond acceptors (Lipinski definition) is 4. The maximum atomic E-state index is 12.0. The Hall–Kier alpha value is -1.88. The van der Waals surface area contributed by atoms with Crippen LogP contribution in [0.25, 0.3) is 0 Å². The first kappa shape index (κ1) is 14.5. The monoisotopic (exact) mass is 277 g/mol. The van der Waals surface area contributed by atoms with Gasteiger partial charge in [-0.1, -0.05) is 37.3 Å². The van der Waals surface area contributed by atoms with Gasteiger partial charge in [-0.3, -0.25) is 4.79 Å². The second kappa shape index (κ2) is 7.05. The lowest BCUT2D eigenvalue weighted by molar-refractivity contribution is -0.135. The van der Waals surface area contributed by atoms with Gasteiger partial charge in [0.15, 0.2) is 5.78 Å². The number of benzene rings is 1. The fraction of sp³-hybridized carbons (Fsp3) is 0.467. The molecule has 1 aromatic rings. The van der Waals surface area contributed by atoms with E-state index in [0.717, 1.165) is 5.56 Å². The average Bonchev–Trinajstić information content (AvgIpc) is 2.53. The predicted octanol–water partition coefficient (Wildman–Crippen LogP) is 2.00. The molecule has 1 heterocycles. The molecule has 1 amide bonds. The van der Waals surface area contributed by atoms with Gasteiger partial charge in [0, 0.05) is 13.0 Å². The van der Waals surface area contributed by atoms with Gasteiger partial charge in [-0.05, 0) is 5.56 Å². The van der Waals surface area contributed by atoms with Crippen molar-refractivity contribution in [2.24, 2.45) is 0 Å². The van der Waals surface area contributed by atoms with E-state index >= 15 is 0 Å². The third-order valence-corrected chi connectivity index (χ3v) is 3.24. The molecule has 0 radical (unpaired) electrons. The molecule has 0 bridgehead atoms. The van der Waals surface area contributed by atoms with Crippen LogP contribution >= 0.6 is 0 Å². The Morgan fingerprint density at radius 1 is 1.35 bits per heavy atom. The molecule has 0 N–H and O–H groups in total. The smallest absolute Gasteiger partial charge is 0.410 e. The normalized spacial score (nSPS) is 18.6. The summed E-state index contributed by atoms with van der Waals surface area (Å²) in [6, 6.07) is 9.50. The highest BCUT2D eigenvalue weighted by Gasteiger charge is 2.28. The summed E-state index contributed by atoms with van der Waals surface area (Å²) in [4.78, 5) is 25.1. The summed E-state index contributed by atoms with van der Waals surface area (Å²) in [6.07, 6.45) is -0.499. The summed E-state index contributed by atoms with van der Waals surface area (Å²) in [5.74, 6) is 0.0190. The first-order valence-electron chi connectivity index (χ1n) is 6.80. The third-order valence-electron chi connectivity index (χ3n) is 3.24. The predicted molar refractivity (Wildman–Crippen MR) is 73.2 cm³/mol. The van der Waals surface area contributed by atoms with Crippen LogP contribution in [0.15, 0.2) is 30.3 Å². The maximum absolute atomic E-state index is 12.0. The molecule has 1 unspecified atom stereocenters. The van der Waals surface area contributed by atoms with E-state index in [1.807, 2.05) is 30.3 Å². The molecule has 0 saturated carbocycles. The van der Waals surface area contributed by atoms with Gasteiger partial charge < -0.3 is 14.4 Å². The minimum absolute atomic E-state index is 0.0190. The minimum atomic E-state index is -0.516. The molecule has 0 aliphatic carbocycles. The Kier molecular flexibility index (Phi) is 5.12. The van der Waals surface area contributed by atoms with E-state index in [1.165, 1.54) is 4.90 Å². The number of hydrogen-bond donors (Lipinski definition) is 0. The van der Waals surface area contributed by atoms with Crippen LogP contribution in [0.5, 0.6) is 0 Å². The van der Waals surface area contributed by atoms with Crippen molar-refractivity contribution in [3.05, 3.63) is 35.9 Å². The van der Waals surface area contributed by atoms with Crippen molar-refractivity contribution in [2.75, 3.05) is 19.7 Å². The molecule has 1 aliphatic rings. The number of carbonyl (C=O) groups is 2. The van der Waals surface area contributed by atoms with Crippen molar-refractivity contribution in [1.29, 1.82) is 0 Å². The quantitative estimate of drug-likeness (QED) is 0.844. The van der Waals surface area contributed by atoms with Crippen molar-refractivity contribution in [1.82, 2.24) is 4.90 Å². The van der Waals surface area contributed by atoms with Crippen molar-refractivity contribution < 1.29 is 19.1 Å². The average molecular weight is 277 g/mol. The van der Waals surface area contributed by atoms with Gasteiger partial charge in [0.25, 0.3) is 0 Å². The van der Waals surface area contributed by atoms with E-state index in [0.29, 0.717) is 19.6 Å². The van der Waals surface area contributed by atoms with Crippen LogP contribution in [-0.2, 0) is 20.9 Å². The first-order chi connectivity index (χ1) is 9.70. The standard InChI is InChI=1S/C15H19NO4/c1-2-13(17)14-10-16(8-9-19-14)15(18)20-11-12-6-4-3-5-7-12/h3-7,14H,2,8-11H2,1H3. The lowest BCUT2D eigenvalue weighted by atomic mass is 10.1. The van der Waals surface area contributed by atoms with Gasteiger partial charge in [0.1, 0.15) is 12.7 Å². The Labute approximate surface area is 118 Å². The topological polar surface area (TPSA) is 55.8 Å². The molecule has 1 aliphatic heterocycles. The van der Waals surface area contributed by atoms with Gasteiger partial charge in [-0.2, -0.15) is 0 Å². The van der Waals surface area contributed by atoms with Crippen LogP contribution in [-0.4, -0.2) is 42.6 Å². The molecule has 0 aromatic heterocycles. The third kappa shape index (κ3) is 3.81. The Morgan fingerprint density at radius 2 is 2.10 bits per heavy atom. The molecular weight excluding hydrogens is 258 g/mol. The Morgan fingerprint density at radius 3 is 2.80 bits per heavy atom. The zero-order chi connectivity index (χ0) is 14.4. The van der Waals surface area contributed by atoms with E-state index in [2.05, 4.69) is 0 Å². The molecule has 5 heteroatoms. The fourth-order valence-electron chi connectivity index (χ4n) is 2.05. The summed E-state index contributed by atoms with van der Waals surface area (Å²) in [7, 11) is 0. The molecule has 1 fully saturated rings. The number of Topliss-reactive ketones (excluding diaryl/α,β-unsaturated/α-hetero) is 1. The number of ether oxygens (including phenoxy) is 2. The van der Waals surface area contributed by atoms with Gasteiger partial charge in [0.2, 0.25) is 0 Å². The van der Waals surface area contributed by atoms with Crippen LogP contribution < -0.4 is 0 Å². The SMILES string of the molecule is CCC(=O)C1CN(C(=O)OCc2ccccc2)CCO1. The molecule has 1 aromatic carbocycles. The van der Waals surface area contributed by atoms with Crippen molar-refractivity contribution >= 4 is 11.9 Å². The van der Waals surface area contributed by atoms with Crippen molar-refractivity contribution in [3.8, 4) is 0 Å². The van der Waals surface area contributed by atoms with Crippen LogP contribution in [0.4, 0.5) is 4.79 Å². The van der Waals surface area contributed by atoms with E-state index in [4.69, 9.17) is 9.47 Å². The molecule has 108 valence electrons. The van der Waals surface area contributed by atoms with Crippen molar-refractivity contribution in [2.45, 2.75) is 26.1 Å². The largest absolute Gasteiger partial charge is 0.445 e. The zero-order valence-electron chi connectivity index (χ0n) is 11.6. The van der Waals surface area contributed by atoms with E-state index < -0.39 is 12.2 Å². The summed E-state index contributed by atoms with van der Waals surface area (Å²) in [5, 5.41) is 0. The highest BCUT2D eigenvalue weighted by atomic mass is 16.6. The van der Waals surface area contributed by atoms with Gasteiger partial charge >= 0.3 is 6.09 Å². The first-order valence-corrected chi connectivity index (χ1v) is 6.80. The Bertz CT molecular complexity index is 460. The molecule has 0 spiro atoms. The van der Waals surface area contributed by atoms with Crippen LogP contribution in [0.1, 0.15) is 18.9 Å². The summed E-state index contributed by atoms with van der Waals surface area (Å²) in [6.45, 7) is 3.14. The van der Waals surface area contributed by atoms with Crippen molar-refractivity contribution in [3.63, 3.8) is 0 Å². The lowest BCUT2D eigenvalue weighted by Crippen LogP contribution is -2.48. The van der Waals surface area contributed by atoms with Crippen LogP contribution in [0, 0.1) is 0 Å². The summed E-state index contributed by atoms with van der Waals surface area (Å²) < 4.78 is 10.6. The number of amides is 1. The number of morpholine rings is 1. The highest BCUT2D eigenvalue weighted by molar-refractivity contribution is 5.83. The van der Waals surface area contributed by atoms with Crippen LogP contribution in [0.2, 0.25) is 0 Å². The van der Waals surface area contributed by atoms with E-state index in [1.54, 1.807) is 6.92 Å². The lowest BCUT2D eigenvalue weighted by Gasteiger charge is -2.31. The fourth-order valence-corrected chi connectivity index (χ4v) is 2.05. The minimum Gasteiger partial charge on any atom is -0.445 e. The molecular formula is C15H19NO4. The van der Waals surface area contributed by atoms with Gasteiger partial charge in [0.05, 0.1) is 13.2 Å². The van der Waals surface area contributed by atoms with E-state index in [-0.39, 0.29) is 18.9 Å². The van der Waals surface area contributed by atoms with Gasteiger partial charge in [-0.15, -0.1) is 0 Å².